The van der Waals surface area contributed by atoms with Gasteiger partial charge in [0.1, 0.15) is 11.2 Å². The molecule has 2 amide bonds. The van der Waals surface area contributed by atoms with Crippen molar-refractivity contribution in [3.63, 3.8) is 0 Å². The molecule has 1 unspecified atom stereocenters. The lowest BCUT2D eigenvalue weighted by atomic mass is 9.82. The van der Waals surface area contributed by atoms with Gasteiger partial charge in [0.2, 0.25) is 0 Å². The Labute approximate surface area is 171 Å². The number of hydrogen-bond acceptors (Lipinski definition) is 3. The fourth-order valence-corrected chi connectivity index (χ4v) is 3.77. The third-order valence-corrected chi connectivity index (χ3v) is 5.42. The molecule has 29 heavy (non-hydrogen) atoms. The van der Waals surface area contributed by atoms with Crippen LogP contribution in [-0.4, -0.2) is 41.2 Å². The van der Waals surface area contributed by atoms with E-state index in [-0.39, 0.29) is 17.5 Å². The van der Waals surface area contributed by atoms with Crippen molar-refractivity contribution in [2.75, 3.05) is 14.1 Å². The Morgan fingerprint density at radius 3 is 2.38 bits per heavy atom. The summed E-state index contributed by atoms with van der Waals surface area (Å²) in [5, 5.41) is 9.33. The van der Waals surface area contributed by atoms with Gasteiger partial charge in [-0.05, 0) is 29.7 Å². The average Bonchev–Trinajstić information content (AvgIpc) is 2.75. The van der Waals surface area contributed by atoms with Gasteiger partial charge >= 0.3 is 0 Å². The van der Waals surface area contributed by atoms with Crippen molar-refractivity contribution < 1.29 is 9.59 Å². The largest absolute Gasteiger partial charge is 0.325 e. The van der Waals surface area contributed by atoms with Crippen LogP contribution in [0.1, 0.15) is 23.1 Å². The van der Waals surface area contributed by atoms with Crippen molar-refractivity contribution >= 4 is 17.9 Å². The number of nitriles is 1. The van der Waals surface area contributed by atoms with E-state index in [0.29, 0.717) is 24.0 Å². The van der Waals surface area contributed by atoms with Crippen LogP contribution in [0.4, 0.5) is 0 Å². The summed E-state index contributed by atoms with van der Waals surface area (Å²) in [6.07, 6.45) is 4.02. The van der Waals surface area contributed by atoms with Gasteiger partial charge in [-0.3, -0.25) is 9.59 Å². The zero-order valence-electron chi connectivity index (χ0n) is 16.6. The Kier molecular flexibility index (Phi) is 5.65. The summed E-state index contributed by atoms with van der Waals surface area (Å²) in [5.74, 6) is -0.443. The summed E-state index contributed by atoms with van der Waals surface area (Å²) in [4.78, 5) is 29.8. The molecular formula is C24H23N3O2. The maximum atomic E-state index is 13.5. The molecule has 146 valence electrons. The number of amides is 2. The standard InChI is InChI=1S/C24H23N3O2/c1-4-14-24(16-18-10-6-5-7-11-18)23(29)26(2)21(22(28)27(24)3)15-19-12-8-9-13-20(19)17-25/h4-13,15H,1,14,16H2,2-3H3/b21-15-. The predicted molar refractivity (Wildman–Crippen MR) is 112 cm³/mol. The van der Waals surface area contributed by atoms with Gasteiger partial charge in [-0.1, -0.05) is 54.6 Å². The average molecular weight is 385 g/mol. The Hall–Kier alpha value is -3.65. The number of nitrogens with zero attached hydrogens (tertiary/aromatic N) is 3. The third-order valence-electron chi connectivity index (χ3n) is 5.42. The Bertz CT molecular complexity index is 1020. The molecule has 2 aromatic carbocycles. The highest BCUT2D eigenvalue weighted by Gasteiger charge is 2.51. The van der Waals surface area contributed by atoms with Gasteiger partial charge in [-0.15, -0.1) is 6.58 Å². The quantitative estimate of drug-likeness (QED) is 0.585. The molecule has 0 bridgehead atoms. The van der Waals surface area contributed by atoms with E-state index in [1.807, 2.05) is 30.3 Å². The fraction of sp³-hybridized carbons (Fsp3) is 0.208. The van der Waals surface area contributed by atoms with Crippen LogP contribution in [0.25, 0.3) is 6.08 Å². The van der Waals surface area contributed by atoms with Gasteiger partial charge in [-0.25, -0.2) is 0 Å². The van der Waals surface area contributed by atoms with Crippen molar-refractivity contribution in [2.24, 2.45) is 0 Å². The lowest BCUT2D eigenvalue weighted by Gasteiger charge is -2.47. The molecule has 1 fully saturated rings. The van der Waals surface area contributed by atoms with Crippen LogP contribution in [0.2, 0.25) is 0 Å². The van der Waals surface area contributed by atoms with Gasteiger partial charge in [0.25, 0.3) is 11.8 Å². The Morgan fingerprint density at radius 2 is 1.72 bits per heavy atom. The van der Waals surface area contributed by atoms with E-state index in [2.05, 4.69) is 12.6 Å². The minimum absolute atomic E-state index is 0.177. The summed E-state index contributed by atoms with van der Waals surface area (Å²) >= 11 is 0. The van der Waals surface area contributed by atoms with E-state index in [4.69, 9.17) is 0 Å². The highest BCUT2D eigenvalue weighted by molar-refractivity contribution is 6.09. The number of hydrogen-bond donors (Lipinski definition) is 0. The van der Waals surface area contributed by atoms with Gasteiger partial charge in [0, 0.05) is 20.5 Å². The zero-order chi connectivity index (χ0) is 21.0. The molecule has 5 heteroatoms. The van der Waals surface area contributed by atoms with Gasteiger partial charge < -0.3 is 9.80 Å². The Balaban J connectivity index is 2.06. The van der Waals surface area contributed by atoms with Crippen molar-refractivity contribution in [3.8, 4) is 6.07 Å². The molecule has 1 atom stereocenters. The third kappa shape index (κ3) is 3.57. The predicted octanol–water partition coefficient (Wildman–Crippen LogP) is 3.39. The smallest absolute Gasteiger partial charge is 0.271 e. The molecule has 5 nitrogen and oxygen atoms in total. The summed E-state index contributed by atoms with van der Waals surface area (Å²) in [5.41, 5.74) is 1.22. The van der Waals surface area contributed by atoms with Gasteiger partial charge in [-0.2, -0.15) is 5.26 Å². The van der Waals surface area contributed by atoms with Crippen LogP contribution in [0.15, 0.2) is 72.9 Å². The number of carbonyl (C=O) groups excluding carboxylic acids is 2. The minimum atomic E-state index is -1.04. The first-order chi connectivity index (χ1) is 13.9. The van der Waals surface area contributed by atoms with Crippen LogP contribution in [0.3, 0.4) is 0 Å². The van der Waals surface area contributed by atoms with Gasteiger partial charge in [0.15, 0.2) is 0 Å². The maximum absolute atomic E-state index is 13.5. The first-order valence-electron chi connectivity index (χ1n) is 9.36. The van der Waals surface area contributed by atoms with E-state index in [0.717, 1.165) is 5.56 Å². The van der Waals surface area contributed by atoms with Crippen molar-refractivity contribution in [3.05, 3.63) is 89.6 Å². The lowest BCUT2D eigenvalue weighted by Crippen LogP contribution is -2.65. The number of likely N-dealkylation sites (N-methyl/N-ethyl adjacent to an activating group) is 2. The summed E-state index contributed by atoms with van der Waals surface area (Å²) in [6.45, 7) is 3.81. The van der Waals surface area contributed by atoms with Crippen molar-refractivity contribution in [1.82, 2.24) is 9.80 Å². The highest BCUT2D eigenvalue weighted by atomic mass is 16.2. The molecular weight excluding hydrogens is 362 g/mol. The monoisotopic (exact) mass is 385 g/mol. The van der Waals surface area contributed by atoms with Crippen LogP contribution in [0.5, 0.6) is 0 Å². The molecule has 1 saturated heterocycles. The van der Waals surface area contributed by atoms with Gasteiger partial charge in [0.05, 0.1) is 11.6 Å². The molecule has 1 heterocycles. The fourth-order valence-electron chi connectivity index (χ4n) is 3.77. The molecule has 0 radical (unpaired) electrons. The first-order valence-corrected chi connectivity index (χ1v) is 9.36. The minimum Gasteiger partial charge on any atom is -0.325 e. The molecule has 0 aliphatic carbocycles. The molecule has 1 aliphatic rings. The van der Waals surface area contributed by atoms with Crippen LogP contribution in [-0.2, 0) is 16.0 Å². The Morgan fingerprint density at radius 1 is 1.07 bits per heavy atom. The van der Waals surface area contributed by atoms with Crippen LogP contribution in [0, 0.1) is 11.3 Å². The summed E-state index contributed by atoms with van der Waals surface area (Å²) < 4.78 is 0. The molecule has 0 saturated carbocycles. The second-order valence-corrected chi connectivity index (χ2v) is 7.14. The topological polar surface area (TPSA) is 64.4 Å². The number of rotatable bonds is 5. The molecule has 0 N–H and O–H groups in total. The van der Waals surface area contributed by atoms with E-state index in [1.54, 1.807) is 50.5 Å². The molecule has 0 spiro atoms. The van der Waals surface area contributed by atoms with E-state index < -0.39 is 5.54 Å². The van der Waals surface area contributed by atoms with Crippen molar-refractivity contribution in [2.45, 2.75) is 18.4 Å². The zero-order valence-corrected chi connectivity index (χ0v) is 16.6. The maximum Gasteiger partial charge on any atom is 0.271 e. The number of piperazine rings is 1. The summed E-state index contributed by atoms with van der Waals surface area (Å²) in [7, 11) is 3.26. The second kappa shape index (κ2) is 8.15. The first kappa shape index (κ1) is 20.1. The van der Waals surface area contributed by atoms with Crippen molar-refractivity contribution in [1.29, 1.82) is 5.26 Å². The van der Waals surface area contributed by atoms with E-state index >= 15 is 0 Å². The normalized spacial score (nSPS) is 20.7. The summed E-state index contributed by atoms with van der Waals surface area (Å²) in [6, 6.07) is 18.8. The second-order valence-electron chi connectivity index (χ2n) is 7.14. The van der Waals surface area contributed by atoms with Crippen LogP contribution < -0.4 is 0 Å². The van der Waals surface area contributed by atoms with Crippen LogP contribution >= 0.6 is 0 Å². The lowest BCUT2D eigenvalue weighted by molar-refractivity contribution is -0.156. The number of benzene rings is 2. The van der Waals surface area contributed by atoms with E-state index in [9.17, 15) is 14.9 Å². The SMILES string of the molecule is C=CCC1(Cc2ccccc2)C(=O)N(C)/C(=C\c2ccccc2C#N)C(=O)N1C. The number of carbonyl (C=O) groups is 2. The van der Waals surface area contributed by atoms with E-state index in [1.165, 1.54) is 9.80 Å². The molecule has 2 aromatic rings. The molecule has 3 rings (SSSR count). The molecule has 0 aromatic heterocycles. The highest BCUT2D eigenvalue weighted by Crippen LogP contribution is 2.34. The molecule has 1 aliphatic heterocycles.